The summed E-state index contributed by atoms with van der Waals surface area (Å²) in [7, 11) is 0. The van der Waals surface area contributed by atoms with E-state index in [1.54, 1.807) is 36.4 Å². The first-order valence-corrected chi connectivity index (χ1v) is 7.99. The van der Waals surface area contributed by atoms with Crippen LogP contribution < -0.4 is 0 Å². The van der Waals surface area contributed by atoms with Crippen LogP contribution in [0.1, 0.15) is 0 Å². The maximum atomic E-state index is 11.4. The number of nitro groups is 2. The molecule has 5 aromatic carbocycles. The average Bonchev–Trinajstić information content (AvgIpc) is 2.64. The molecule has 0 heterocycles. The zero-order valence-corrected chi connectivity index (χ0v) is 13.3. The van der Waals surface area contributed by atoms with Gasteiger partial charge in [-0.2, -0.15) is 0 Å². The van der Waals surface area contributed by atoms with Crippen LogP contribution >= 0.6 is 0 Å². The molecule has 0 aliphatic heterocycles. The molecule has 0 fully saturated rings. The van der Waals surface area contributed by atoms with Gasteiger partial charge in [-0.05, 0) is 45.8 Å². The van der Waals surface area contributed by atoms with E-state index in [0.717, 1.165) is 32.3 Å². The summed E-state index contributed by atoms with van der Waals surface area (Å²) in [6, 6.07) is 17.4. The van der Waals surface area contributed by atoms with Crippen molar-refractivity contribution in [2.75, 3.05) is 0 Å². The van der Waals surface area contributed by atoms with Crippen LogP contribution in [0.5, 0.6) is 0 Å². The summed E-state index contributed by atoms with van der Waals surface area (Å²) in [5.74, 6) is 0. The number of rotatable bonds is 2. The zero-order chi connectivity index (χ0) is 18.0. The topological polar surface area (TPSA) is 86.3 Å². The molecule has 0 spiro atoms. The van der Waals surface area contributed by atoms with Crippen molar-refractivity contribution in [2.45, 2.75) is 0 Å². The van der Waals surface area contributed by atoms with Gasteiger partial charge in [-0.25, -0.2) is 0 Å². The number of hydrogen-bond acceptors (Lipinski definition) is 4. The Kier molecular flexibility index (Phi) is 2.72. The molecule has 0 N–H and O–H groups in total. The van der Waals surface area contributed by atoms with Crippen LogP contribution in [-0.2, 0) is 0 Å². The lowest BCUT2D eigenvalue weighted by Gasteiger charge is -2.14. The molecule has 0 atom stereocenters. The second-order valence-electron chi connectivity index (χ2n) is 6.23. The van der Waals surface area contributed by atoms with Crippen LogP contribution in [0.2, 0.25) is 0 Å². The lowest BCUT2D eigenvalue weighted by atomic mass is 9.89. The summed E-state index contributed by atoms with van der Waals surface area (Å²) in [5.41, 5.74) is 0.117. The van der Waals surface area contributed by atoms with Gasteiger partial charge in [-0.3, -0.25) is 20.2 Å². The minimum absolute atomic E-state index is 0.0585. The highest BCUT2D eigenvalue weighted by atomic mass is 16.6. The van der Waals surface area contributed by atoms with Crippen LogP contribution in [0.3, 0.4) is 0 Å². The number of hydrogen-bond donors (Lipinski definition) is 0. The molecule has 0 saturated heterocycles. The average molecular weight is 342 g/mol. The fraction of sp³-hybridized carbons (Fsp3) is 0. The Bertz CT molecular complexity index is 1260. The minimum Gasteiger partial charge on any atom is -0.258 e. The lowest BCUT2D eigenvalue weighted by molar-refractivity contribution is -0.383. The second kappa shape index (κ2) is 4.86. The van der Waals surface area contributed by atoms with Crippen molar-refractivity contribution in [3.63, 3.8) is 0 Å². The standard InChI is InChI=1S/C20H10N2O4/c23-21(24)17-9-7-13-14-8-10-18(22(25)26)16-6-2-4-12(20(14)16)11-3-1-5-15(17)19(11)13/h1-10H. The quantitative estimate of drug-likeness (QED) is 0.182. The molecule has 0 bridgehead atoms. The molecule has 26 heavy (non-hydrogen) atoms. The van der Waals surface area contributed by atoms with E-state index in [1.807, 2.05) is 12.1 Å². The Labute approximate surface area is 145 Å². The molecule has 0 aromatic heterocycles. The molecule has 0 amide bonds. The molecule has 0 unspecified atom stereocenters. The predicted molar refractivity (Wildman–Crippen MR) is 101 cm³/mol. The number of nitrogens with zero attached hydrogens (tertiary/aromatic N) is 2. The molecular weight excluding hydrogens is 332 g/mol. The number of non-ortho nitro benzene ring substituents is 2. The van der Waals surface area contributed by atoms with Gasteiger partial charge in [0.25, 0.3) is 11.4 Å². The first kappa shape index (κ1) is 14.5. The third kappa shape index (κ3) is 1.70. The Morgan fingerprint density at radius 1 is 0.500 bits per heavy atom. The Hall–Kier alpha value is -3.80. The minimum atomic E-state index is -0.380. The highest BCUT2D eigenvalue weighted by Crippen LogP contribution is 2.44. The van der Waals surface area contributed by atoms with Crippen LogP contribution in [0, 0.1) is 20.2 Å². The van der Waals surface area contributed by atoms with Crippen LogP contribution in [0.15, 0.2) is 60.7 Å². The molecule has 0 radical (unpaired) electrons. The summed E-state index contributed by atoms with van der Waals surface area (Å²) in [6.07, 6.45) is 0. The van der Waals surface area contributed by atoms with E-state index in [1.165, 1.54) is 12.1 Å². The van der Waals surface area contributed by atoms with Crippen molar-refractivity contribution in [3.05, 3.63) is 80.9 Å². The van der Waals surface area contributed by atoms with Crippen molar-refractivity contribution < 1.29 is 9.85 Å². The number of benzene rings is 5. The van der Waals surface area contributed by atoms with Crippen molar-refractivity contribution in [2.24, 2.45) is 0 Å². The SMILES string of the molecule is O=[N+]([O-])c1ccc2c3ccc([N+](=O)[O-])c4cccc(c5cccc1c52)c43. The molecule has 6 nitrogen and oxygen atoms in total. The van der Waals surface area contributed by atoms with Crippen LogP contribution in [0.4, 0.5) is 11.4 Å². The number of fused-ring (bicyclic) bond motifs is 2. The maximum Gasteiger partial charge on any atom is 0.277 e. The summed E-state index contributed by atoms with van der Waals surface area (Å²) in [5, 5.41) is 29.1. The summed E-state index contributed by atoms with van der Waals surface area (Å²) < 4.78 is 0. The summed E-state index contributed by atoms with van der Waals surface area (Å²) in [4.78, 5) is 22.1. The third-order valence-electron chi connectivity index (χ3n) is 5.01. The smallest absolute Gasteiger partial charge is 0.258 e. The zero-order valence-electron chi connectivity index (χ0n) is 13.3. The van der Waals surface area contributed by atoms with E-state index >= 15 is 0 Å². The predicted octanol–water partition coefficient (Wildman–Crippen LogP) is 5.55. The number of nitro benzene ring substituents is 2. The Morgan fingerprint density at radius 2 is 0.846 bits per heavy atom. The van der Waals surface area contributed by atoms with Gasteiger partial charge in [0.1, 0.15) is 0 Å². The van der Waals surface area contributed by atoms with E-state index in [0.29, 0.717) is 10.8 Å². The molecule has 0 aliphatic rings. The van der Waals surface area contributed by atoms with Crippen molar-refractivity contribution in [1.82, 2.24) is 0 Å². The first-order chi connectivity index (χ1) is 12.6. The molecule has 6 heteroatoms. The van der Waals surface area contributed by atoms with Gasteiger partial charge in [0.15, 0.2) is 0 Å². The maximum absolute atomic E-state index is 11.4. The van der Waals surface area contributed by atoms with Gasteiger partial charge < -0.3 is 0 Å². The van der Waals surface area contributed by atoms with Gasteiger partial charge in [-0.1, -0.05) is 24.3 Å². The van der Waals surface area contributed by atoms with Gasteiger partial charge in [0, 0.05) is 22.9 Å². The Balaban J connectivity index is 2.15. The second-order valence-corrected chi connectivity index (χ2v) is 6.23. The van der Waals surface area contributed by atoms with Crippen molar-refractivity contribution >= 4 is 54.5 Å². The summed E-state index contributed by atoms with van der Waals surface area (Å²) in [6.45, 7) is 0. The molecule has 5 rings (SSSR count). The molecular formula is C20H10N2O4. The van der Waals surface area contributed by atoms with E-state index in [-0.39, 0.29) is 21.2 Å². The first-order valence-electron chi connectivity index (χ1n) is 7.99. The molecule has 0 aliphatic carbocycles. The van der Waals surface area contributed by atoms with E-state index in [9.17, 15) is 20.2 Å². The van der Waals surface area contributed by atoms with Gasteiger partial charge in [0.2, 0.25) is 0 Å². The van der Waals surface area contributed by atoms with Crippen LogP contribution in [-0.4, -0.2) is 9.85 Å². The van der Waals surface area contributed by atoms with Gasteiger partial charge >= 0.3 is 0 Å². The Morgan fingerprint density at radius 3 is 1.23 bits per heavy atom. The highest BCUT2D eigenvalue weighted by Gasteiger charge is 2.21. The molecule has 124 valence electrons. The van der Waals surface area contributed by atoms with Gasteiger partial charge in [0.05, 0.1) is 20.6 Å². The van der Waals surface area contributed by atoms with E-state index in [2.05, 4.69) is 0 Å². The van der Waals surface area contributed by atoms with Crippen molar-refractivity contribution in [3.8, 4) is 0 Å². The van der Waals surface area contributed by atoms with Crippen LogP contribution in [0.25, 0.3) is 43.1 Å². The summed E-state index contributed by atoms with van der Waals surface area (Å²) >= 11 is 0. The van der Waals surface area contributed by atoms with Crippen molar-refractivity contribution in [1.29, 1.82) is 0 Å². The normalized spacial score (nSPS) is 11.7. The highest BCUT2D eigenvalue weighted by molar-refractivity contribution is 6.34. The fourth-order valence-electron chi connectivity index (χ4n) is 4.00. The van der Waals surface area contributed by atoms with E-state index < -0.39 is 0 Å². The van der Waals surface area contributed by atoms with Gasteiger partial charge in [-0.15, -0.1) is 0 Å². The fourth-order valence-corrected chi connectivity index (χ4v) is 4.00. The largest absolute Gasteiger partial charge is 0.277 e. The monoisotopic (exact) mass is 342 g/mol. The van der Waals surface area contributed by atoms with E-state index in [4.69, 9.17) is 0 Å². The lowest BCUT2D eigenvalue weighted by Crippen LogP contribution is -1.94. The molecule has 0 saturated carbocycles. The molecule has 5 aromatic rings. The third-order valence-corrected chi connectivity index (χ3v) is 5.01.